The molecule has 5 nitrogen and oxygen atoms in total. The van der Waals surface area contributed by atoms with Crippen molar-refractivity contribution in [2.45, 2.75) is 95.5 Å². The van der Waals surface area contributed by atoms with E-state index in [1.54, 1.807) is 19.9 Å². The maximum atomic E-state index is 17.2. The van der Waals surface area contributed by atoms with E-state index in [2.05, 4.69) is 0 Å². The van der Waals surface area contributed by atoms with Crippen LogP contribution < -0.4 is 0 Å². The third kappa shape index (κ3) is 2.43. The summed E-state index contributed by atoms with van der Waals surface area (Å²) >= 11 is 6.05. The molecule has 0 bridgehead atoms. The van der Waals surface area contributed by atoms with Crippen LogP contribution >= 0.6 is 11.6 Å². The van der Waals surface area contributed by atoms with E-state index >= 15 is 4.39 Å². The van der Waals surface area contributed by atoms with Crippen LogP contribution in [0.1, 0.15) is 66.2 Å². The van der Waals surface area contributed by atoms with Gasteiger partial charge < -0.3 is 14.6 Å². The number of allylic oxidation sites excluding steroid dienone is 1. The number of carbonyl (C=O) groups is 2. The maximum absolute atomic E-state index is 17.2. The van der Waals surface area contributed by atoms with Gasteiger partial charge in [-0.3, -0.25) is 9.59 Å². The van der Waals surface area contributed by atoms with Gasteiger partial charge in [-0.1, -0.05) is 19.4 Å². The number of Topliss-reactive ketones (excluding diaryl/α,β-unsaturated/α-hetero) is 1. The van der Waals surface area contributed by atoms with Crippen molar-refractivity contribution in [2.24, 2.45) is 22.7 Å². The van der Waals surface area contributed by atoms with Crippen LogP contribution in [-0.4, -0.2) is 51.8 Å². The largest absolute Gasteiger partial charge is 0.390 e. The van der Waals surface area contributed by atoms with Crippen molar-refractivity contribution in [1.29, 1.82) is 0 Å². The highest BCUT2D eigenvalue weighted by molar-refractivity contribution is 6.29. The minimum absolute atomic E-state index is 0.0377. The Morgan fingerprint density at radius 3 is 2.65 bits per heavy atom. The molecule has 8 atom stereocenters. The van der Waals surface area contributed by atoms with Crippen LogP contribution in [0.3, 0.4) is 0 Å². The molecule has 1 aliphatic heterocycles. The van der Waals surface area contributed by atoms with Gasteiger partial charge in [-0.05, 0) is 57.9 Å². The van der Waals surface area contributed by atoms with Gasteiger partial charge >= 0.3 is 0 Å². The number of rotatable bonds is 2. The van der Waals surface area contributed by atoms with Crippen molar-refractivity contribution >= 4 is 23.2 Å². The predicted octanol–water partition coefficient (Wildman–Crippen LogP) is 3.89. The molecule has 0 radical (unpaired) electrons. The number of carbonyl (C=O) groups excluding carboxylic acids is 2. The number of ether oxygens (including phenoxy) is 2. The van der Waals surface area contributed by atoms with Crippen LogP contribution in [0, 0.1) is 22.7 Å². The summed E-state index contributed by atoms with van der Waals surface area (Å²) in [5, 5.41) is 11.4. The van der Waals surface area contributed by atoms with E-state index in [1.807, 2.05) is 13.8 Å². The number of hydrogen-bond acceptors (Lipinski definition) is 5. The van der Waals surface area contributed by atoms with Gasteiger partial charge in [0.1, 0.15) is 5.67 Å². The van der Waals surface area contributed by atoms with Gasteiger partial charge in [-0.2, -0.15) is 0 Å². The van der Waals surface area contributed by atoms with Crippen LogP contribution in [0.15, 0.2) is 11.6 Å². The number of aliphatic hydroxyl groups is 1. The second kappa shape index (κ2) is 6.40. The Hall–Kier alpha value is -0.820. The zero-order chi connectivity index (χ0) is 22.6. The molecule has 4 aliphatic carbocycles. The molecule has 7 unspecified atom stereocenters. The molecule has 1 heterocycles. The summed E-state index contributed by atoms with van der Waals surface area (Å²) in [5.74, 6) is -2.02. The lowest BCUT2D eigenvalue weighted by Gasteiger charge is -2.63. The van der Waals surface area contributed by atoms with Gasteiger partial charge in [-0.25, -0.2) is 4.39 Å². The topological polar surface area (TPSA) is 72.8 Å². The molecule has 4 fully saturated rings. The standard InChI is InChI=1S/C24H32ClFO5/c1-20(2)30-19-10-16-15-6-5-13-9-14(27)7-8-21(13,3)23(15,26)17(28)11-22(16,4)24(19,31-20)18(29)12-25/h9,15-17,19,28H,5-8,10-12H2,1-4H3/t15?,16?,17?,19?,21?,22?,23?,24-/m1/s1. The van der Waals surface area contributed by atoms with E-state index < -0.39 is 46.0 Å². The monoisotopic (exact) mass is 454 g/mol. The van der Waals surface area contributed by atoms with Gasteiger partial charge in [0.25, 0.3) is 0 Å². The average Bonchev–Trinajstić information content (AvgIpc) is 3.09. The number of hydrogen-bond donors (Lipinski definition) is 1. The minimum Gasteiger partial charge on any atom is -0.390 e. The Balaban J connectivity index is 1.63. The summed E-state index contributed by atoms with van der Waals surface area (Å²) in [6, 6.07) is 0. The number of halogens is 2. The molecule has 0 amide bonds. The zero-order valence-corrected chi connectivity index (χ0v) is 19.4. The third-order valence-electron chi connectivity index (χ3n) is 9.57. The number of fused-ring (bicyclic) bond motifs is 7. The van der Waals surface area contributed by atoms with E-state index in [1.165, 1.54) is 0 Å². The molecule has 0 aromatic carbocycles. The lowest BCUT2D eigenvalue weighted by molar-refractivity contribution is -0.250. The van der Waals surface area contributed by atoms with Crippen LogP contribution in [-0.2, 0) is 19.1 Å². The van der Waals surface area contributed by atoms with Gasteiger partial charge in [0.2, 0.25) is 0 Å². The summed E-state index contributed by atoms with van der Waals surface area (Å²) in [5.41, 5.74) is -4.00. The molecule has 0 spiro atoms. The Morgan fingerprint density at radius 2 is 1.97 bits per heavy atom. The fourth-order valence-corrected chi connectivity index (χ4v) is 8.47. The van der Waals surface area contributed by atoms with E-state index in [4.69, 9.17) is 21.1 Å². The predicted molar refractivity (Wildman–Crippen MR) is 112 cm³/mol. The fourth-order valence-electron chi connectivity index (χ4n) is 8.27. The molecule has 5 rings (SSSR count). The van der Waals surface area contributed by atoms with Crippen molar-refractivity contribution in [2.75, 3.05) is 5.88 Å². The molecule has 172 valence electrons. The van der Waals surface area contributed by atoms with Crippen molar-refractivity contribution in [3.05, 3.63) is 11.6 Å². The molecule has 0 aromatic rings. The van der Waals surface area contributed by atoms with E-state index in [0.29, 0.717) is 32.1 Å². The van der Waals surface area contributed by atoms with Crippen molar-refractivity contribution < 1.29 is 28.6 Å². The van der Waals surface area contributed by atoms with E-state index in [-0.39, 0.29) is 29.8 Å². The number of aliphatic hydroxyl groups excluding tert-OH is 1. The Morgan fingerprint density at radius 1 is 1.26 bits per heavy atom. The summed E-state index contributed by atoms with van der Waals surface area (Å²) < 4.78 is 29.7. The summed E-state index contributed by atoms with van der Waals surface area (Å²) in [6.45, 7) is 7.38. The Bertz CT molecular complexity index is 887. The SMILES string of the molecule is CC1(C)OC2CC3C4CCC5=CC(=O)CCC5(C)C4(F)C(O)CC3(C)[C@]2(C(=O)CCl)O1. The lowest BCUT2D eigenvalue weighted by atomic mass is 9.44. The molecular formula is C24H32ClFO5. The molecule has 1 N–H and O–H groups in total. The molecule has 7 heteroatoms. The van der Waals surface area contributed by atoms with Crippen LogP contribution in [0.5, 0.6) is 0 Å². The van der Waals surface area contributed by atoms with Gasteiger partial charge in [0, 0.05) is 23.2 Å². The molecular weight excluding hydrogens is 423 g/mol. The van der Waals surface area contributed by atoms with Gasteiger partial charge in [-0.15, -0.1) is 11.6 Å². The molecule has 1 saturated heterocycles. The van der Waals surface area contributed by atoms with Gasteiger partial charge in [0.15, 0.2) is 23.0 Å². The number of alkyl halides is 2. The first-order valence-electron chi connectivity index (χ1n) is 11.4. The summed E-state index contributed by atoms with van der Waals surface area (Å²) in [7, 11) is 0. The van der Waals surface area contributed by atoms with Crippen LogP contribution in [0.25, 0.3) is 0 Å². The van der Waals surface area contributed by atoms with Crippen LogP contribution in [0.4, 0.5) is 4.39 Å². The first kappa shape index (κ1) is 22.0. The van der Waals surface area contributed by atoms with Crippen molar-refractivity contribution in [3.63, 3.8) is 0 Å². The first-order valence-corrected chi connectivity index (χ1v) is 12.0. The van der Waals surface area contributed by atoms with Crippen LogP contribution in [0.2, 0.25) is 0 Å². The Kier molecular flexibility index (Phi) is 4.54. The third-order valence-corrected chi connectivity index (χ3v) is 9.81. The quantitative estimate of drug-likeness (QED) is 0.641. The average molecular weight is 455 g/mol. The summed E-state index contributed by atoms with van der Waals surface area (Å²) in [4.78, 5) is 25.3. The van der Waals surface area contributed by atoms with Crippen molar-refractivity contribution in [3.8, 4) is 0 Å². The normalized spacial score (nSPS) is 52.6. The van der Waals surface area contributed by atoms with E-state index in [0.717, 1.165) is 5.57 Å². The highest BCUT2D eigenvalue weighted by Gasteiger charge is 2.80. The van der Waals surface area contributed by atoms with E-state index in [9.17, 15) is 14.7 Å². The fraction of sp³-hybridized carbons (Fsp3) is 0.833. The zero-order valence-electron chi connectivity index (χ0n) is 18.7. The highest BCUT2D eigenvalue weighted by atomic mass is 35.5. The molecule has 3 saturated carbocycles. The summed E-state index contributed by atoms with van der Waals surface area (Å²) in [6.07, 6.45) is 2.28. The second-order valence-corrected chi connectivity index (χ2v) is 11.5. The smallest absolute Gasteiger partial charge is 0.182 e. The first-order chi connectivity index (χ1) is 14.4. The molecule has 5 aliphatic rings. The molecule has 31 heavy (non-hydrogen) atoms. The Labute approximate surface area is 187 Å². The van der Waals surface area contributed by atoms with Gasteiger partial charge in [0.05, 0.1) is 18.1 Å². The minimum atomic E-state index is -1.86. The number of ketones is 2. The molecule has 0 aromatic heterocycles. The second-order valence-electron chi connectivity index (χ2n) is 11.3. The van der Waals surface area contributed by atoms with Crippen molar-refractivity contribution in [1.82, 2.24) is 0 Å². The lowest BCUT2D eigenvalue weighted by Crippen LogP contribution is -2.70. The highest BCUT2D eigenvalue weighted by Crippen LogP contribution is 2.72. The maximum Gasteiger partial charge on any atom is 0.182 e.